The third-order valence-electron chi connectivity index (χ3n) is 3.48. The van der Waals surface area contributed by atoms with Gasteiger partial charge in [0.05, 0.1) is 0 Å². The second-order valence-corrected chi connectivity index (χ2v) is 5.02. The fourth-order valence-corrected chi connectivity index (χ4v) is 2.44. The largest absolute Gasteiger partial charge is 0.453 e. The van der Waals surface area contributed by atoms with Gasteiger partial charge in [-0.25, -0.2) is 0 Å². The van der Waals surface area contributed by atoms with E-state index in [-0.39, 0.29) is 5.65 Å². The molecular weight excluding hydrogens is 285 g/mol. The zero-order chi connectivity index (χ0) is 14.9. The molecule has 0 amide bonds. The van der Waals surface area contributed by atoms with Crippen molar-refractivity contribution in [2.24, 2.45) is 0 Å². The molecule has 1 atom stereocenters. The first-order valence-corrected chi connectivity index (χ1v) is 6.81. The van der Waals surface area contributed by atoms with E-state index in [2.05, 4.69) is 25.9 Å². The van der Waals surface area contributed by atoms with Crippen LogP contribution in [0, 0.1) is 0 Å². The van der Waals surface area contributed by atoms with Crippen molar-refractivity contribution in [1.29, 1.82) is 0 Å². The van der Waals surface area contributed by atoms with Gasteiger partial charge in [0.2, 0.25) is 0 Å². The molecule has 114 valence electrons. The van der Waals surface area contributed by atoms with E-state index in [0.717, 1.165) is 23.9 Å². The standard InChI is InChI=1S/C12H15F3N6/c13-12(14,15)11-19-18-10-4-3-9(20-21(10)11)17-7-5-8-2-1-6-16-8/h3-4,8,16H,1-2,5-7H2,(H,17,20)/t8-/m0/s1. The Morgan fingerprint density at radius 2 is 2.19 bits per heavy atom. The van der Waals surface area contributed by atoms with Gasteiger partial charge in [0.25, 0.3) is 5.82 Å². The molecule has 1 saturated heterocycles. The predicted octanol–water partition coefficient (Wildman–Crippen LogP) is 1.70. The van der Waals surface area contributed by atoms with Crippen molar-refractivity contribution in [2.75, 3.05) is 18.4 Å². The number of halogens is 3. The zero-order valence-electron chi connectivity index (χ0n) is 11.2. The molecule has 0 bridgehead atoms. The summed E-state index contributed by atoms with van der Waals surface area (Å²) in [5, 5.41) is 16.9. The Labute approximate surface area is 118 Å². The number of alkyl halides is 3. The highest BCUT2D eigenvalue weighted by Gasteiger charge is 2.37. The summed E-state index contributed by atoms with van der Waals surface area (Å²) in [4.78, 5) is 0. The van der Waals surface area contributed by atoms with Crippen LogP contribution in [0.4, 0.5) is 19.0 Å². The maximum atomic E-state index is 12.7. The molecule has 6 nitrogen and oxygen atoms in total. The third-order valence-corrected chi connectivity index (χ3v) is 3.48. The van der Waals surface area contributed by atoms with E-state index >= 15 is 0 Å². The molecule has 3 heterocycles. The van der Waals surface area contributed by atoms with Gasteiger partial charge < -0.3 is 10.6 Å². The van der Waals surface area contributed by atoms with Crippen LogP contribution < -0.4 is 10.6 Å². The van der Waals surface area contributed by atoms with E-state index < -0.39 is 12.0 Å². The van der Waals surface area contributed by atoms with Crippen molar-refractivity contribution in [3.8, 4) is 0 Å². The summed E-state index contributed by atoms with van der Waals surface area (Å²) >= 11 is 0. The summed E-state index contributed by atoms with van der Waals surface area (Å²) in [6, 6.07) is 3.54. The number of anilines is 1. The molecule has 2 aromatic rings. The van der Waals surface area contributed by atoms with E-state index in [9.17, 15) is 13.2 Å². The van der Waals surface area contributed by atoms with Crippen LogP contribution in [-0.2, 0) is 6.18 Å². The molecule has 1 fully saturated rings. The van der Waals surface area contributed by atoms with Crippen LogP contribution in [0.15, 0.2) is 12.1 Å². The van der Waals surface area contributed by atoms with Gasteiger partial charge >= 0.3 is 6.18 Å². The van der Waals surface area contributed by atoms with Crippen molar-refractivity contribution in [1.82, 2.24) is 25.1 Å². The van der Waals surface area contributed by atoms with E-state index in [4.69, 9.17) is 0 Å². The van der Waals surface area contributed by atoms with Gasteiger partial charge in [-0.05, 0) is 37.9 Å². The number of rotatable bonds is 4. The molecule has 2 aromatic heterocycles. The van der Waals surface area contributed by atoms with Gasteiger partial charge in [0.15, 0.2) is 5.65 Å². The Morgan fingerprint density at radius 1 is 1.33 bits per heavy atom. The van der Waals surface area contributed by atoms with Gasteiger partial charge in [-0.3, -0.25) is 0 Å². The first-order valence-electron chi connectivity index (χ1n) is 6.81. The number of fused-ring (bicyclic) bond motifs is 1. The maximum Gasteiger partial charge on any atom is 0.453 e. The Hall–Kier alpha value is -1.90. The molecule has 0 radical (unpaired) electrons. The summed E-state index contributed by atoms with van der Waals surface area (Å²) in [6.07, 6.45) is -1.35. The SMILES string of the molecule is FC(F)(F)c1nnc2ccc(NCC[C@@H]3CCCN3)nn12. The minimum atomic E-state index is -4.57. The average Bonchev–Trinajstić information content (AvgIpc) is 3.05. The number of hydrogen-bond donors (Lipinski definition) is 2. The molecule has 0 aromatic carbocycles. The molecular formula is C12H15F3N6. The second kappa shape index (κ2) is 5.47. The smallest absolute Gasteiger partial charge is 0.369 e. The summed E-state index contributed by atoms with van der Waals surface area (Å²) in [7, 11) is 0. The van der Waals surface area contributed by atoms with Gasteiger partial charge in [0, 0.05) is 12.6 Å². The van der Waals surface area contributed by atoms with Crippen LogP contribution in [0.1, 0.15) is 25.1 Å². The first kappa shape index (κ1) is 14.1. The number of hydrogen-bond acceptors (Lipinski definition) is 5. The van der Waals surface area contributed by atoms with Gasteiger partial charge in [-0.1, -0.05) is 0 Å². The van der Waals surface area contributed by atoms with E-state index in [1.165, 1.54) is 12.5 Å². The first-order chi connectivity index (χ1) is 10.0. The molecule has 1 aliphatic heterocycles. The maximum absolute atomic E-state index is 12.7. The summed E-state index contributed by atoms with van der Waals surface area (Å²) in [5.41, 5.74) is 0.0744. The van der Waals surface area contributed by atoms with Crippen LogP contribution in [-0.4, -0.2) is 38.9 Å². The van der Waals surface area contributed by atoms with E-state index in [1.54, 1.807) is 6.07 Å². The van der Waals surface area contributed by atoms with Crippen LogP contribution in [0.25, 0.3) is 5.65 Å². The van der Waals surface area contributed by atoms with Crippen molar-refractivity contribution >= 4 is 11.5 Å². The minimum Gasteiger partial charge on any atom is -0.369 e. The fraction of sp³-hybridized carbons (Fsp3) is 0.583. The van der Waals surface area contributed by atoms with Gasteiger partial charge in [-0.15, -0.1) is 15.3 Å². The van der Waals surface area contributed by atoms with Gasteiger partial charge in [0.1, 0.15) is 5.82 Å². The molecule has 3 rings (SSSR count). The van der Waals surface area contributed by atoms with Crippen molar-refractivity contribution < 1.29 is 13.2 Å². The molecule has 1 aliphatic rings. The normalized spacial score (nSPS) is 19.3. The predicted molar refractivity (Wildman–Crippen MR) is 69.9 cm³/mol. The van der Waals surface area contributed by atoms with Crippen LogP contribution in [0.2, 0.25) is 0 Å². The lowest BCUT2D eigenvalue weighted by Crippen LogP contribution is -2.24. The lowest BCUT2D eigenvalue weighted by molar-refractivity contribution is -0.146. The molecule has 9 heteroatoms. The topological polar surface area (TPSA) is 67.1 Å². The highest BCUT2D eigenvalue weighted by molar-refractivity contribution is 5.44. The Bertz CT molecular complexity index is 617. The van der Waals surface area contributed by atoms with Crippen molar-refractivity contribution in [2.45, 2.75) is 31.5 Å². The average molecular weight is 300 g/mol. The summed E-state index contributed by atoms with van der Waals surface area (Å²) in [6.45, 7) is 1.68. The highest BCUT2D eigenvalue weighted by atomic mass is 19.4. The molecule has 0 saturated carbocycles. The van der Waals surface area contributed by atoms with Crippen molar-refractivity contribution in [3.05, 3.63) is 18.0 Å². The molecule has 0 spiro atoms. The highest BCUT2D eigenvalue weighted by Crippen LogP contribution is 2.27. The number of nitrogens with one attached hydrogen (secondary N) is 2. The Kier molecular flexibility index (Phi) is 3.66. The number of aromatic nitrogens is 4. The van der Waals surface area contributed by atoms with Crippen LogP contribution in [0.5, 0.6) is 0 Å². The second-order valence-electron chi connectivity index (χ2n) is 5.02. The molecule has 0 unspecified atom stereocenters. The summed E-state index contributed by atoms with van der Waals surface area (Å²) in [5.74, 6) is -0.732. The molecule has 0 aliphatic carbocycles. The Morgan fingerprint density at radius 3 is 2.90 bits per heavy atom. The molecule has 2 N–H and O–H groups in total. The quantitative estimate of drug-likeness (QED) is 0.899. The zero-order valence-corrected chi connectivity index (χ0v) is 11.2. The Balaban J connectivity index is 1.70. The minimum absolute atomic E-state index is 0.0744. The summed E-state index contributed by atoms with van der Waals surface area (Å²) < 4.78 is 39.0. The van der Waals surface area contributed by atoms with Gasteiger partial charge in [-0.2, -0.15) is 17.7 Å². The van der Waals surface area contributed by atoms with Crippen molar-refractivity contribution in [3.63, 3.8) is 0 Å². The van der Waals surface area contributed by atoms with Crippen LogP contribution >= 0.6 is 0 Å². The third kappa shape index (κ3) is 3.07. The lowest BCUT2D eigenvalue weighted by Gasteiger charge is -2.11. The fourth-order valence-electron chi connectivity index (χ4n) is 2.44. The number of nitrogens with zero attached hydrogens (tertiary/aromatic N) is 4. The molecule has 21 heavy (non-hydrogen) atoms. The van der Waals surface area contributed by atoms with E-state index in [1.807, 2.05) is 0 Å². The van der Waals surface area contributed by atoms with E-state index in [0.29, 0.717) is 18.4 Å². The monoisotopic (exact) mass is 300 g/mol. The van der Waals surface area contributed by atoms with Crippen LogP contribution in [0.3, 0.4) is 0 Å². The lowest BCUT2D eigenvalue weighted by atomic mass is 10.1.